The Morgan fingerprint density at radius 3 is 2.56 bits per heavy atom. The van der Waals surface area contributed by atoms with Crippen molar-refractivity contribution < 1.29 is 22.7 Å². The Hall–Kier alpha value is -3.10. The number of pyridine rings is 1. The van der Waals surface area contributed by atoms with Gasteiger partial charge in [-0.1, -0.05) is 6.07 Å². The molecule has 0 radical (unpaired) electrons. The Kier molecular flexibility index (Phi) is 4.07. The minimum absolute atomic E-state index is 0.121. The molecule has 0 aliphatic carbocycles. The molecular weight excluding hydrogens is 337 g/mol. The third-order valence-corrected chi connectivity index (χ3v) is 3.46. The van der Waals surface area contributed by atoms with Gasteiger partial charge in [0.2, 0.25) is 11.9 Å². The second kappa shape index (κ2) is 6.08. The number of carbonyl (C=O) groups excluding carboxylic acids is 1. The number of aromatic nitrogens is 3. The molecule has 25 heavy (non-hydrogen) atoms. The summed E-state index contributed by atoms with van der Waals surface area (Å²) in [6.07, 6.45) is -2.99. The first kappa shape index (κ1) is 16.7. The topological polar surface area (TPSA) is 68.5 Å². The van der Waals surface area contributed by atoms with Gasteiger partial charge in [0, 0.05) is 18.7 Å². The van der Waals surface area contributed by atoms with E-state index in [1.165, 1.54) is 36.9 Å². The van der Waals surface area contributed by atoms with Gasteiger partial charge in [0.1, 0.15) is 5.75 Å². The van der Waals surface area contributed by atoms with Gasteiger partial charge in [0.15, 0.2) is 5.65 Å². The largest absolute Gasteiger partial charge is 0.496 e. The van der Waals surface area contributed by atoms with Crippen molar-refractivity contribution in [1.82, 2.24) is 14.6 Å². The highest BCUT2D eigenvalue weighted by atomic mass is 19.4. The first-order valence-electron chi connectivity index (χ1n) is 7.17. The van der Waals surface area contributed by atoms with Crippen molar-refractivity contribution in [3.63, 3.8) is 0 Å². The lowest BCUT2D eigenvalue weighted by Crippen LogP contribution is -2.07. The Bertz CT molecular complexity index is 950. The predicted octanol–water partition coefficient (Wildman–Crippen LogP) is 3.38. The van der Waals surface area contributed by atoms with Crippen LogP contribution in [0, 0.1) is 0 Å². The van der Waals surface area contributed by atoms with Crippen LogP contribution in [0.3, 0.4) is 0 Å². The maximum atomic E-state index is 13.2. The summed E-state index contributed by atoms with van der Waals surface area (Å²) in [7, 11) is 1.19. The number of benzene rings is 1. The Labute approximate surface area is 140 Å². The smallest absolute Gasteiger partial charge is 0.419 e. The molecule has 0 atom stereocenters. The van der Waals surface area contributed by atoms with Gasteiger partial charge in [0.25, 0.3) is 0 Å². The van der Waals surface area contributed by atoms with Crippen LogP contribution >= 0.6 is 0 Å². The SMILES string of the molecule is COc1ccc(-c2ccc3nc(NC(C)=O)nn3c2)cc1C(F)(F)F. The third-order valence-electron chi connectivity index (χ3n) is 3.46. The van der Waals surface area contributed by atoms with Gasteiger partial charge >= 0.3 is 6.18 Å². The van der Waals surface area contributed by atoms with E-state index in [9.17, 15) is 18.0 Å². The molecule has 130 valence electrons. The van der Waals surface area contributed by atoms with Crippen LogP contribution in [0.15, 0.2) is 36.5 Å². The van der Waals surface area contributed by atoms with E-state index in [1.54, 1.807) is 12.1 Å². The van der Waals surface area contributed by atoms with Crippen LogP contribution in [0.4, 0.5) is 19.1 Å². The average molecular weight is 350 g/mol. The van der Waals surface area contributed by atoms with E-state index in [0.29, 0.717) is 16.8 Å². The first-order chi connectivity index (χ1) is 11.8. The van der Waals surface area contributed by atoms with Crippen LogP contribution < -0.4 is 10.1 Å². The summed E-state index contributed by atoms with van der Waals surface area (Å²) >= 11 is 0. The summed E-state index contributed by atoms with van der Waals surface area (Å²) in [5.74, 6) is -0.442. The normalized spacial score (nSPS) is 11.6. The van der Waals surface area contributed by atoms with E-state index in [4.69, 9.17) is 4.74 Å². The fourth-order valence-electron chi connectivity index (χ4n) is 2.37. The number of rotatable bonds is 3. The van der Waals surface area contributed by atoms with Crippen LogP contribution in [-0.2, 0) is 11.0 Å². The fraction of sp³-hybridized carbons (Fsp3) is 0.188. The Balaban J connectivity index is 2.05. The molecule has 0 saturated carbocycles. The molecule has 0 saturated heterocycles. The van der Waals surface area contributed by atoms with Gasteiger partial charge in [-0.05, 0) is 29.8 Å². The monoisotopic (exact) mass is 350 g/mol. The van der Waals surface area contributed by atoms with Crippen molar-refractivity contribution in [1.29, 1.82) is 0 Å². The van der Waals surface area contributed by atoms with E-state index < -0.39 is 11.7 Å². The van der Waals surface area contributed by atoms with E-state index in [1.807, 2.05) is 0 Å². The number of nitrogens with zero attached hydrogens (tertiary/aromatic N) is 3. The molecule has 0 aliphatic heterocycles. The molecule has 9 heteroatoms. The highest BCUT2D eigenvalue weighted by Gasteiger charge is 2.34. The van der Waals surface area contributed by atoms with E-state index >= 15 is 0 Å². The minimum atomic E-state index is -4.53. The van der Waals surface area contributed by atoms with Crippen LogP contribution in [-0.4, -0.2) is 27.6 Å². The molecule has 3 rings (SSSR count). The zero-order valence-electron chi connectivity index (χ0n) is 13.3. The summed E-state index contributed by atoms with van der Waals surface area (Å²) < 4.78 is 45.7. The maximum Gasteiger partial charge on any atom is 0.419 e. The fourth-order valence-corrected chi connectivity index (χ4v) is 2.37. The molecule has 0 bridgehead atoms. The second-order valence-electron chi connectivity index (χ2n) is 5.25. The Morgan fingerprint density at radius 1 is 1.20 bits per heavy atom. The quantitative estimate of drug-likeness (QED) is 0.786. The number of hydrogen-bond acceptors (Lipinski definition) is 4. The van der Waals surface area contributed by atoms with Gasteiger partial charge in [-0.15, -0.1) is 5.10 Å². The van der Waals surface area contributed by atoms with Crippen LogP contribution in [0.1, 0.15) is 12.5 Å². The number of alkyl halides is 3. The molecule has 3 aromatic rings. The molecule has 0 aliphatic rings. The number of ether oxygens (including phenoxy) is 1. The standard InChI is InChI=1S/C16H13F3N4O2/c1-9(24)20-15-21-14-6-4-11(8-23(14)22-15)10-3-5-13(25-2)12(7-10)16(17,18)19/h3-8H,1-2H3,(H,20,22,24). The number of methoxy groups -OCH3 is 1. The number of carbonyl (C=O) groups is 1. The zero-order chi connectivity index (χ0) is 18.2. The highest BCUT2D eigenvalue weighted by Crippen LogP contribution is 2.38. The van der Waals surface area contributed by atoms with E-state index in [-0.39, 0.29) is 17.6 Å². The molecule has 1 aromatic carbocycles. The molecule has 0 unspecified atom stereocenters. The summed E-state index contributed by atoms with van der Waals surface area (Å²) in [6, 6.07) is 7.05. The first-order valence-corrected chi connectivity index (χ1v) is 7.17. The van der Waals surface area contributed by atoms with Gasteiger partial charge in [0.05, 0.1) is 12.7 Å². The lowest BCUT2D eigenvalue weighted by Gasteiger charge is -2.13. The van der Waals surface area contributed by atoms with Crippen molar-refractivity contribution in [2.24, 2.45) is 0 Å². The molecule has 1 amide bonds. The van der Waals surface area contributed by atoms with Crippen LogP contribution in [0.5, 0.6) is 5.75 Å². The molecule has 0 spiro atoms. The molecule has 0 fully saturated rings. The van der Waals surface area contributed by atoms with Crippen molar-refractivity contribution in [3.8, 4) is 16.9 Å². The van der Waals surface area contributed by atoms with Crippen molar-refractivity contribution >= 4 is 17.5 Å². The van der Waals surface area contributed by atoms with Gasteiger partial charge in [-0.3, -0.25) is 10.1 Å². The number of nitrogens with one attached hydrogen (secondary N) is 1. The van der Waals surface area contributed by atoms with E-state index in [0.717, 1.165) is 6.07 Å². The lowest BCUT2D eigenvalue weighted by molar-refractivity contribution is -0.138. The maximum absolute atomic E-state index is 13.2. The Morgan fingerprint density at radius 2 is 1.92 bits per heavy atom. The number of hydrogen-bond donors (Lipinski definition) is 1. The number of fused-ring (bicyclic) bond motifs is 1. The molecule has 1 N–H and O–H groups in total. The van der Waals surface area contributed by atoms with Crippen LogP contribution in [0.25, 0.3) is 16.8 Å². The molecule has 2 aromatic heterocycles. The number of anilines is 1. The van der Waals surface area contributed by atoms with Gasteiger partial charge in [-0.2, -0.15) is 18.2 Å². The number of halogens is 3. The highest BCUT2D eigenvalue weighted by molar-refractivity contribution is 5.86. The summed E-state index contributed by atoms with van der Waals surface area (Å²) in [5, 5.41) is 6.52. The molecule has 6 nitrogen and oxygen atoms in total. The summed E-state index contributed by atoms with van der Waals surface area (Å²) in [6.45, 7) is 1.33. The van der Waals surface area contributed by atoms with Crippen molar-refractivity contribution in [2.45, 2.75) is 13.1 Å². The van der Waals surface area contributed by atoms with Gasteiger partial charge in [-0.25, -0.2) is 4.52 Å². The molecule has 2 heterocycles. The number of amides is 1. The van der Waals surface area contributed by atoms with E-state index in [2.05, 4.69) is 15.4 Å². The van der Waals surface area contributed by atoms with Crippen LogP contribution in [0.2, 0.25) is 0 Å². The molecular formula is C16H13F3N4O2. The zero-order valence-corrected chi connectivity index (χ0v) is 13.3. The predicted molar refractivity (Wildman–Crippen MR) is 84.3 cm³/mol. The summed E-state index contributed by atoms with van der Waals surface area (Å²) in [4.78, 5) is 15.1. The minimum Gasteiger partial charge on any atom is -0.496 e. The average Bonchev–Trinajstić information content (AvgIpc) is 2.93. The second-order valence-corrected chi connectivity index (χ2v) is 5.25. The van der Waals surface area contributed by atoms with Crippen molar-refractivity contribution in [3.05, 3.63) is 42.1 Å². The third kappa shape index (κ3) is 3.39. The lowest BCUT2D eigenvalue weighted by atomic mass is 10.0. The van der Waals surface area contributed by atoms with Gasteiger partial charge < -0.3 is 4.74 Å². The van der Waals surface area contributed by atoms with Crippen molar-refractivity contribution in [2.75, 3.05) is 12.4 Å². The summed E-state index contributed by atoms with van der Waals surface area (Å²) in [5.41, 5.74) is 0.466.